The van der Waals surface area contributed by atoms with Crippen LogP contribution in [0, 0.1) is 0 Å². The van der Waals surface area contributed by atoms with Crippen LogP contribution in [-0.2, 0) is 17.3 Å². The standard InChI is InChI=1S/C17H17N3.H3NO2S/c1-13-17(10-14-6-5-9-18-11-14)20(2)12-15-7-3-4-8-16(15)19-13;1-4(2)3/h3-9,11-12H,10H2,1-2H3;4H,(H2,1,2,3). The highest BCUT2D eigenvalue weighted by Crippen LogP contribution is 2.16. The highest BCUT2D eigenvalue weighted by Gasteiger charge is 2.10. The van der Waals surface area contributed by atoms with Crippen LogP contribution in [0.15, 0.2) is 65.2 Å². The third-order valence-corrected chi connectivity index (χ3v) is 3.50. The molecular formula is C17H20N4O2S. The molecule has 0 saturated heterocycles. The van der Waals surface area contributed by atoms with Gasteiger partial charge in [0.25, 0.3) is 0 Å². The van der Waals surface area contributed by atoms with E-state index in [2.05, 4.69) is 53.4 Å². The molecule has 24 heavy (non-hydrogen) atoms. The molecule has 1 aliphatic rings. The van der Waals surface area contributed by atoms with Crippen LogP contribution in [0.1, 0.15) is 12.5 Å². The molecule has 0 aliphatic carbocycles. The number of thiol groups is 1. The van der Waals surface area contributed by atoms with Gasteiger partial charge in [-0.3, -0.25) is 9.98 Å². The Bertz CT molecular complexity index is 913. The van der Waals surface area contributed by atoms with Gasteiger partial charge in [-0.05, 0) is 24.6 Å². The van der Waals surface area contributed by atoms with Crippen LogP contribution < -0.4 is 15.7 Å². The Kier molecular flexibility index (Phi) is 6.22. The number of rotatable bonds is 2. The van der Waals surface area contributed by atoms with Crippen molar-refractivity contribution in [2.75, 3.05) is 7.05 Å². The van der Waals surface area contributed by atoms with E-state index in [0.717, 1.165) is 22.7 Å². The summed E-state index contributed by atoms with van der Waals surface area (Å²) in [5.74, 6) is 0. The second-order valence-electron chi connectivity index (χ2n) is 5.27. The van der Waals surface area contributed by atoms with Gasteiger partial charge in [-0.1, -0.05) is 24.3 Å². The fourth-order valence-corrected chi connectivity index (χ4v) is 2.43. The van der Waals surface area contributed by atoms with Gasteiger partial charge in [-0.25, -0.2) is 13.6 Å². The first-order chi connectivity index (χ1) is 11.5. The molecule has 2 heterocycles. The van der Waals surface area contributed by atoms with Crippen molar-refractivity contribution in [2.24, 2.45) is 10.1 Å². The number of hydrogen-bond acceptors (Lipinski definition) is 5. The zero-order valence-electron chi connectivity index (χ0n) is 13.6. The molecule has 1 aliphatic heterocycles. The van der Waals surface area contributed by atoms with E-state index in [1.807, 2.05) is 24.4 Å². The molecule has 2 aromatic rings. The summed E-state index contributed by atoms with van der Waals surface area (Å²) < 4.78 is 17.6. The Morgan fingerprint density at radius 1 is 1.17 bits per heavy atom. The minimum absolute atomic E-state index is 0.837. The SMILES string of the molecule is CC1=C(Cc2cccnc2)N(C)C=c2ccccc2=N1.N[SH](=O)=O. The molecule has 0 amide bonds. The number of hydrogen-bond donors (Lipinski definition) is 2. The number of nitrogens with two attached hydrogens (primary N) is 1. The predicted molar refractivity (Wildman–Crippen MR) is 94.6 cm³/mol. The van der Waals surface area contributed by atoms with Gasteiger partial charge in [0.15, 0.2) is 10.9 Å². The Balaban J connectivity index is 0.000000471. The quantitative estimate of drug-likeness (QED) is 0.769. The highest BCUT2D eigenvalue weighted by molar-refractivity contribution is 7.69. The number of benzene rings is 1. The molecule has 3 rings (SSSR count). The molecule has 0 unspecified atom stereocenters. The lowest BCUT2D eigenvalue weighted by atomic mass is 10.1. The van der Waals surface area contributed by atoms with Gasteiger partial charge < -0.3 is 4.90 Å². The average Bonchev–Trinajstić information content (AvgIpc) is 2.65. The van der Waals surface area contributed by atoms with Crippen molar-refractivity contribution in [1.29, 1.82) is 0 Å². The maximum Gasteiger partial charge on any atom is 0.198 e. The molecule has 7 heteroatoms. The number of aromatic nitrogens is 1. The molecule has 1 aromatic carbocycles. The van der Waals surface area contributed by atoms with E-state index < -0.39 is 10.9 Å². The van der Waals surface area contributed by atoms with Crippen molar-refractivity contribution in [2.45, 2.75) is 13.3 Å². The Morgan fingerprint density at radius 3 is 2.54 bits per heavy atom. The normalized spacial score (nSPS) is 13.2. The number of nitrogens with zero attached hydrogens (tertiary/aromatic N) is 3. The molecule has 0 bridgehead atoms. The zero-order chi connectivity index (χ0) is 17.5. The summed E-state index contributed by atoms with van der Waals surface area (Å²) in [6.45, 7) is 2.07. The van der Waals surface area contributed by atoms with E-state index in [-0.39, 0.29) is 0 Å². The Morgan fingerprint density at radius 2 is 1.88 bits per heavy atom. The smallest absolute Gasteiger partial charge is 0.198 e. The fourth-order valence-electron chi connectivity index (χ4n) is 2.43. The van der Waals surface area contributed by atoms with E-state index in [9.17, 15) is 0 Å². The number of likely N-dealkylation sites (N-methyl/N-ethyl adjacent to an activating group) is 1. The third-order valence-electron chi connectivity index (χ3n) is 3.50. The lowest BCUT2D eigenvalue weighted by molar-refractivity contribution is 0.588. The minimum atomic E-state index is -2.62. The molecule has 2 N–H and O–H groups in total. The lowest BCUT2D eigenvalue weighted by Crippen LogP contribution is -2.25. The predicted octanol–water partition coefficient (Wildman–Crippen LogP) is 0.330. The van der Waals surface area contributed by atoms with Gasteiger partial charge in [0.1, 0.15) is 0 Å². The van der Waals surface area contributed by atoms with Crippen LogP contribution >= 0.6 is 0 Å². The second-order valence-corrected chi connectivity index (χ2v) is 5.84. The molecule has 0 radical (unpaired) electrons. The van der Waals surface area contributed by atoms with Gasteiger partial charge in [0, 0.05) is 43.0 Å². The van der Waals surface area contributed by atoms with Gasteiger partial charge in [-0.15, -0.1) is 0 Å². The van der Waals surface area contributed by atoms with Gasteiger partial charge in [0.05, 0.1) is 11.1 Å². The fraction of sp³-hybridized carbons (Fsp3) is 0.176. The average molecular weight is 344 g/mol. The molecule has 6 nitrogen and oxygen atoms in total. The van der Waals surface area contributed by atoms with Crippen LogP contribution in [0.4, 0.5) is 0 Å². The van der Waals surface area contributed by atoms with Crippen molar-refractivity contribution in [3.05, 3.63) is 76.3 Å². The van der Waals surface area contributed by atoms with Crippen LogP contribution in [0.3, 0.4) is 0 Å². The largest absolute Gasteiger partial charge is 0.352 e. The van der Waals surface area contributed by atoms with E-state index >= 15 is 0 Å². The van der Waals surface area contributed by atoms with Crippen molar-refractivity contribution in [3.63, 3.8) is 0 Å². The Labute approximate surface area is 142 Å². The molecule has 0 atom stereocenters. The molecule has 1 aromatic heterocycles. The molecule has 0 spiro atoms. The first kappa shape index (κ1) is 17.8. The van der Waals surface area contributed by atoms with Crippen molar-refractivity contribution in [3.8, 4) is 0 Å². The summed E-state index contributed by atoms with van der Waals surface area (Å²) in [6.07, 6.45) is 6.69. The monoisotopic (exact) mass is 344 g/mol. The van der Waals surface area contributed by atoms with Crippen LogP contribution in [0.25, 0.3) is 6.20 Å². The molecular weight excluding hydrogens is 324 g/mol. The third kappa shape index (κ3) is 5.00. The number of allylic oxidation sites excluding steroid dienone is 2. The van der Waals surface area contributed by atoms with Gasteiger partial charge in [0.2, 0.25) is 0 Å². The topological polar surface area (TPSA) is 88.7 Å². The van der Waals surface area contributed by atoms with E-state index in [4.69, 9.17) is 13.4 Å². The van der Waals surface area contributed by atoms with Crippen LogP contribution in [0.2, 0.25) is 0 Å². The summed E-state index contributed by atoms with van der Waals surface area (Å²) in [5, 5.41) is 6.24. The molecule has 126 valence electrons. The van der Waals surface area contributed by atoms with Gasteiger partial charge >= 0.3 is 0 Å². The number of para-hydroxylation sites is 1. The summed E-state index contributed by atoms with van der Waals surface area (Å²) in [4.78, 5) is 11.1. The number of pyridine rings is 1. The van der Waals surface area contributed by atoms with Crippen LogP contribution in [0.5, 0.6) is 0 Å². The summed E-state index contributed by atoms with van der Waals surface area (Å²) in [5.41, 5.74) is 3.45. The molecule has 0 fully saturated rings. The first-order valence-electron chi connectivity index (χ1n) is 7.33. The first-order valence-corrected chi connectivity index (χ1v) is 8.58. The maximum atomic E-state index is 8.81. The highest BCUT2D eigenvalue weighted by atomic mass is 32.2. The van der Waals surface area contributed by atoms with Crippen molar-refractivity contribution >= 4 is 17.1 Å². The van der Waals surface area contributed by atoms with E-state index in [1.165, 1.54) is 11.3 Å². The van der Waals surface area contributed by atoms with Crippen molar-refractivity contribution in [1.82, 2.24) is 9.88 Å². The summed E-state index contributed by atoms with van der Waals surface area (Å²) in [7, 11) is -0.544. The minimum Gasteiger partial charge on any atom is -0.352 e. The Hall–Kier alpha value is -2.51. The lowest BCUT2D eigenvalue weighted by Gasteiger charge is -2.19. The summed E-state index contributed by atoms with van der Waals surface area (Å²) >= 11 is 0. The van der Waals surface area contributed by atoms with E-state index in [0.29, 0.717) is 0 Å². The van der Waals surface area contributed by atoms with Crippen molar-refractivity contribution < 1.29 is 8.42 Å². The maximum absolute atomic E-state index is 8.81. The zero-order valence-corrected chi connectivity index (χ0v) is 14.5. The van der Waals surface area contributed by atoms with Gasteiger partial charge in [-0.2, -0.15) is 0 Å². The summed E-state index contributed by atoms with van der Waals surface area (Å²) in [6, 6.07) is 12.3. The molecule has 0 saturated carbocycles. The second kappa shape index (κ2) is 8.37. The number of fused-ring (bicyclic) bond motifs is 1. The van der Waals surface area contributed by atoms with E-state index in [1.54, 1.807) is 6.20 Å². The van der Waals surface area contributed by atoms with Crippen LogP contribution in [-0.4, -0.2) is 25.3 Å².